The molecule has 0 atom stereocenters. The van der Waals surface area contributed by atoms with Crippen molar-refractivity contribution in [3.05, 3.63) is 29.8 Å². The minimum Gasteiger partial charge on any atom is -0.481 e. The number of aliphatic carboxylic acids is 1. The number of anilines is 1. The van der Waals surface area contributed by atoms with Gasteiger partial charge >= 0.3 is 11.9 Å². The average Bonchev–Trinajstić information content (AvgIpc) is 2.26. The molecule has 0 saturated carbocycles. The summed E-state index contributed by atoms with van der Waals surface area (Å²) in [6.45, 7) is 0.346. The van der Waals surface area contributed by atoms with Gasteiger partial charge in [0.25, 0.3) is 0 Å². The average molecular weight is 223 g/mol. The van der Waals surface area contributed by atoms with Gasteiger partial charge in [0, 0.05) is 19.3 Å². The van der Waals surface area contributed by atoms with Crippen LogP contribution in [0.5, 0.6) is 0 Å². The minimum atomic E-state index is -0.992. The smallest absolute Gasteiger partial charge is 0.335 e. The van der Waals surface area contributed by atoms with Crippen LogP contribution in [0.2, 0.25) is 0 Å². The highest BCUT2D eigenvalue weighted by molar-refractivity contribution is 5.88. The van der Waals surface area contributed by atoms with E-state index < -0.39 is 11.9 Å². The number of hydrogen-bond acceptors (Lipinski definition) is 3. The Balaban J connectivity index is 2.75. The third kappa shape index (κ3) is 3.27. The Morgan fingerprint density at radius 3 is 2.56 bits per heavy atom. The first-order chi connectivity index (χ1) is 7.50. The number of hydrogen-bond donors (Lipinski definition) is 2. The molecule has 1 rings (SSSR count). The Hall–Kier alpha value is -2.04. The van der Waals surface area contributed by atoms with Crippen molar-refractivity contribution in [2.75, 3.05) is 18.5 Å². The first-order valence-corrected chi connectivity index (χ1v) is 4.77. The lowest BCUT2D eigenvalue weighted by Crippen LogP contribution is -2.21. The van der Waals surface area contributed by atoms with E-state index in [9.17, 15) is 9.59 Å². The zero-order valence-electron chi connectivity index (χ0n) is 8.88. The van der Waals surface area contributed by atoms with Crippen molar-refractivity contribution < 1.29 is 19.8 Å². The maximum Gasteiger partial charge on any atom is 0.335 e. The number of rotatable bonds is 5. The molecule has 0 aliphatic carbocycles. The Labute approximate surface area is 92.9 Å². The van der Waals surface area contributed by atoms with Crippen molar-refractivity contribution in [2.24, 2.45) is 0 Å². The van der Waals surface area contributed by atoms with E-state index in [-0.39, 0.29) is 12.0 Å². The molecule has 0 amide bonds. The van der Waals surface area contributed by atoms with Crippen LogP contribution in [-0.2, 0) is 4.79 Å². The Bertz CT molecular complexity index is 403. The van der Waals surface area contributed by atoms with Gasteiger partial charge in [-0.3, -0.25) is 4.79 Å². The Kier molecular flexibility index (Phi) is 3.88. The molecule has 1 aromatic carbocycles. The predicted molar refractivity (Wildman–Crippen MR) is 58.9 cm³/mol. The van der Waals surface area contributed by atoms with E-state index in [1.165, 1.54) is 12.1 Å². The van der Waals surface area contributed by atoms with E-state index in [1.807, 2.05) is 0 Å². The monoisotopic (exact) mass is 223 g/mol. The van der Waals surface area contributed by atoms with Gasteiger partial charge in [-0.15, -0.1) is 0 Å². The zero-order chi connectivity index (χ0) is 12.1. The molecule has 0 aliphatic rings. The normalized spacial score (nSPS) is 9.81. The van der Waals surface area contributed by atoms with E-state index in [2.05, 4.69) is 0 Å². The molecule has 86 valence electrons. The minimum absolute atomic E-state index is 0.0216. The van der Waals surface area contributed by atoms with Crippen LogP contribution in [0, 0.1) is 0 Å². The third-order valence-electron chi connectivity index (χ3n) is 2.19. The van der Waals surface area contributed by atoms with E-state index in [0.717, 1.165) is 0 Å². The SMILES string of the molecule is CN(CCC(=O)O)c1cccc(C(=O)O)c1. The number of carbonyl (C=O) groups is 2. The second-order valence-electron chi connectivity index (χ2n) is 3.42. The van der Waals surface area contributed by atoms with Crippen LogP contribution >= 0.6 is 0 Å². The summed E-state index contributed by atoms with van der Waals surface area (Å²) in [5, 5.41) is 17.3. The van der Waals surface area contributed by atoms with Crippen LogP contribution in [0.4, 0.5) is 5.69 Å². The molecule has 0 heterocycles. The molecule has 1 aromatic rings. The van der Waals surface area contributed by atoms with Gasteiger partial charge in [-0.05, 0) is 18.2 Å². The number of nitrogens with zero attached hydrogens (tertiary/aromatic N) is 1. The van der Waals surface area contributed by atoms with Crippen LogP contribution in [0.25, 0.3) is 0 Å². The fourth-order valence-electron chi connectivity index (χ4n) is 1.27. The molecule has 0 fully saturated rings. The van der Waals surface area contributed by atoms with Crippen LogP contribution in [0.1, 0.15) is 16.8 Å². The molecule has 0 radical (unpaired) electrons. The first-order valence-electron chi connectivity index (χ1n) is 4.77. The maximum absolute atomic E-state index is 10.7. The lowest BCUT2D eigenvalue weighted by atomic mass is 10.2. The van der Waals surface area contributed by atoms with Gasteiger partial charge < -0.3 is 15.1 Å². The van der Waals surface area contributed by atoms with Gasteiger partial charge in [-0.1, -0.05) is 6.07 Å². The van der Waals surface area contributed by atoms with Crippen molar-refractivity contribution in [2.45, 2.75) is 6.42 Å². The third-order valence-corrected chi connectivity index (χ3v) is 2.19. The lowest BCUT2D eigenvalue weighted by Gasteiger charge is -2.18. The molecule has 16 heavy (non-hydrogen) atoms. The highest BCUT2D eigenvalue weighted by Gasteiger charge is 2.07. The number of carboxylic acid groups (broad SMARTS) is 2. The summed E-state index contributed by atoms with van der Waals surface area (Å²) in [7, 11) is 1.73. The summed E-state index contributed by atoms with van der Waals surface area (Å²) in [6.07, 6.45) is 0.0216. The van der Waals surface area contributed by atoms with Crippen molar-refractivity contribution in [1.29, 1.82) is 0 Å². The molecule has 0 unspecified atom stereocenters. The second-order valence-corrected chi connectivity index (χ2v) is 3.42. The maximum atomic E-state index is 10.7. The fraction of sp³-hybridized carbons (Fsp3) is 0.273. The number of aromatic carboxylic acids is 1. The Morgan fingerprint density at radius 1 is 1.31 bits per heavy atom. The van der Waals surface area contributed by atoms with Crippen LogP contribution < -0.4 is 4.90 Å². The van der Waals surface area contributed by atoms with E-state index in [4.69, 9.17) is 10.2 Å². The summed E-state index contributed by atoms with van der Waals surface area (Å²) in [5.41, 5.74) is 0.890. The molecule has 0 aromatic heterocycles. The summed E-state index contributed by atoms with van der Waals surface area (Å²) in [6, 6.07) is 6.39. The standard InChI is InChI=1S/C11H13NO4/c1-12(6-5-10(13)14)9-4-2-3-8(7-9)11(15)16/h2-4,7H,5-6H2,1H3,(H,13,14)(H,15,16). The second kappa shape index (κ2) is 5.16. The van der Waals surface area contributed by atoms with Crippen molar-refractivity contribution in [1.82, 2.24) is 0 Å². The van der Waals surface area contributed by atoms with Gasteiger partial charge in [0.1, 0.15) is 0 Å². The van der Waals surface area contributed by atoms with Gasteiger partial charge in [0.15, 0.2) is 0 Å². The topological polar surface area (TPSA) is 77.8 Å². The van der Waals surface area contributed by atoms with Gasteiger partial charge in [0.2, 0.25) is 0 Å². The molecule has 0 aliphatic heterocycles. The van der Waals surface area contributed by atoms with Gasteiger partial charge in [-0.25, -0.2) is 4.79 Å². The largest absolute Gasteiger partial charge is 0.481 e. The lowest BCUT2D eigenvalue weighted by molar-refractivity contribution is -0.136. The highest BCUT2D eigenvalue weighted by Crippen LogP contribution is 2.14. The molecule has 0 bridgehead atoms. The summed E-state index contributed by atoms with van der Waals surface area (Å²) >= 11 is 0. The van der Waals surface area contributed by atoms with E-state index in [1.54, 1.807) is 24.1 Å². The summed E-state index contributed by atoms with van der Waals surface area (Å²) in [5.74, 6) is -1.87. The van der Waals surface area contributed by atoms with Crippen LogP contribution in [0.3, 0.4) is 0 Å². The molecular weight excluding hydrogens is 210 g/mol. The molecular formula is C11H13NO4. The molecule has 5 nitrogen and oxygen atoms in total. The van der Waals surface area contributed by atoms with Crippen LogP contribution in [-0.4, -0.2) is 35.7 Å². The van der Waals surface area contributed by atoms with E-state index >= 15 is 0 Å². The molecule has 0 saturated heterocycles. The predicted octanol–water partition coefficient (Wildman–Crippen LogP) is 1.30. The van der Waals surface area contributed by atoms with Crippen molar-refractivity contribution in [3.8, 4) is 0 Å². The van der Waals surface area contributed by atoms with Gasteiger partial charge in [0.05, 0.1) is 12.0 Å². The quantitative estimate of drug-likeness (QED) is 0.786. The van der Waals surface area contributed by atoms with E-state index in [0.29, 0.717) is 12.2 Å². The van der Waals surface area contributed by atoms with Crippen molar-refractivity contribution >= 4 is 17.6 Å². The fourth-order valence-corrected chi connectivity index (χ4v) is 1.27. The number of carboxylic acids is 2. The summed E-state index contributed by atoms with van der Waals surface area (Å²) in [4.78, 5) is 22.8. The van der Waals surface area contributed by atoms with Crippen molar-refractivity contribution in [3.63, 3.8) is 0 Å². The molecule has 2 N–H and O–H groups in total. The van der Waals surface area contributed by atoms with Crippen LogP contribution in [0.15, 0.2) is 24.3 Å². The Morgan fingerprint density at radius 2 is 2.00 bits per heavy atom. The number of benzene rings is 1. The highest BCUT2D eigenvalue weighted by atomic mass is 16.4. The van der Waals surface area contributed by atoms with Gasteiger partial charge in [-0.2, -0.15) is 0 Å². The first kappa shape index (κ1) is 12.0. The molecule has 0 spiro atoms. The zero-order valence-corrected chi connectivity index (χ0v) is 8.88. The molecule has 5 heteroatoms. The summed E-state index contributed by atoms with van der Waals surface area (Å²) < 4.78 is 0.